The number of carboxylic acids is 3. The first-order chi connectivity index (χ1) is 16.9. The van der Waals surface area contributed by atoms with Crippen LogP contribution in [0.1, 0.15) is 46.0 Å². The van der Waals surface area contributed by atoms with Gasteiger partial charge in [-0.3, -0.25) is 24.2 Å². The third kappa shape index (κ3) is 11.0. The Morgan fingerprint density at radius 1 is 1.14 bits per heavy atom. The van der Waals surface area contributed by atoms with E-state index in [0.29, 0.717) is 32.2 Å². The van der Waals surface area contributed by atoms with Crippen LogP contribution in [0.25, 0.3) is 0 Å². The Hall–Kier alpha value is -2.82. The first-order valence-electron chi connectivity index (χ1n) is 11.5. The van der Waals surface area contributed by atoms with Gasteiger partial charge in [-0.05, 0) is 44.1 Å². The molecule has 16 heteroatoms. The molecule has 0 aromatic heterocycles. The number of rotatable bonds is 12. The maximum absolute atomic E-state index is 12.2. The number of carbonyl (C=O) groups excluding carboxylic acids is 1. The number of fused-ring (bicyclic) bond motifs is 2. The monoisotopic (exact) mass is 552 g/mol. The number of likely N-dealkylation sites (N-methyl/N-ethyl adjacent to an activating group) is 1. The van der Waals surface area contributed by atoms with Crippen LogP contribution in [0.5, 0.6) is 0 Å². The van der Waals surface area contributed by atoms with Crippen molar-refractivity contribution in [1.82, 2.24) is 10.0 Å². The van der Waals surface area contributed by atoms with E-state index in [4.69, 9.17) is 32.5 Å². The highest BCUT2D eigenvalue weighted by molar-refractivity contribution is 7.89. The van der Waals surface area contributed by atoms with Crippen molar-refractivity contribution < 1.29 is 42.9 Å². The van der Waals surface area contributed by atoms with E-state index in [2.05, 4.69) is 10.3 Å². The Morgan fingerprint density at radius 2 is 1.70 bits per heavy atom. The van der Waals surface area contributed by atoms with E-state index in [9.17, 15) is 27.6 Å². The first-order valence-corrected chi connectivity index (χ1v) is 13.2. The van der Waals surface area contributed by atoms with Crippen LogP contribution >= 0.6 is 0 Å². The maximum Gasteiger partial charge on any atom is 0.320 e. The lowest BCUT2D eigenvalue weighted by atomic mass is 9.70. The van der Waals surface area contributed by atoms with Gasteiger partial charge >= 0.3 is 17.9 Å². The molecule has 0 saturated heterocycles. The zero-order valence-electron chi connectivity index (χ0n) is 21.4. The molecule has 0 aliphatic heterocycles. The van der Waals surface area contributed by atoms with E-state index < -0.39 is 45.9 Å². The summed E-state index contributed by atoms with van der Waals surface area (Å²) < 4.78 is 26.0. The van der Waals surface area contributed by atoms with Crippen LogP contribution in [0, 0.1) is 16.7 Å². The molecule has 0 spiro atoms. The van der Waals surface area contributed by atoms with Crippen molar-refractivity contribution in [1.29, 1.82) is 0 Å². The average Bonchev–Trinajstić information content (AvgIpc) is 3.10. The van der Waals surface area contributed by atoms with Gasteiger partial charge in [-0.25, -0.2) is 13.1 Å². The Morgan fingerprint density at radius 3 is 2.05 bits per heavy atom. The minimum absolute atomic E-state index is 0.00875. The molecule has 0 amide bonds. The lowest BCUT2D eigenvalue weighted by Crippen LogP contribution is -2.46. The van der Waals surface area contributed by atoms with E-state index in [1.54, 1.807) is 7.05 Å². The molecule has 0 radical (unpaired) electrons. The number of nitrogens with zero attached hydrogens (tertiary/aromatic N) is 1. The third-order valence-electron chi connectivity index (χ3n) is 6.63. The normalized spacial score (nSPS) is 22.1. The zero-order chi connectivity index (χ0) is 29.0. The highest BCUT2D eigenvalue weighted by Gasteiger charge is 2.65. The van der Waals surface area contributed by atoms with E-state index in [1.807, 2.05) is 18.6 Å². The molecule has 0 aromatic rings. The maximum atomic E-state index is 12.2. The number of carbonyl (C=O) groups is 4. The summed E-state index contributed by atoms with van der Waals surface area (Å²) in [4.78, 5) is 46.1. The number of hydrogen-bond acceptors (Lipinski definition) is 9. The van der Waals surface area contributed by atoms with Gasteiger partial charge in [0.2, 0.25) is 10.0 Å². The summed E-state index contributed by atoms with van der Waals surface area (Å²) in [6.45, 7) is 3.71. The molecule has 214 valence electrons. The van der Waals surface area contributed by atoms with Gasteiger partial charge < -0.3 is 37.8 Å². The Labute approximate surface area is 216 Å². The van der Waals surface area contributed by atoms with Crippen LogP contribution in [0.15, 0.2) is 4.99 Å². The molecule has 0 aromatic carbocycles. The van der Waals surface area contributed by atoms with Crippen molar-refractivity contribution >= 4 is 39.7 Å². The molecule has 2 fully saturated rings. The van der Waals surface area contributed by atoms with E-state index in [0.717, 1.165) is 6.42 Å². The van der Waals surface area contributed by atoms with Gasteiger partial charge in [-0.15, -0.1) is 0 Å². The number of ketones is 1. The van der Waals surface area contributed by atoms with Crippen LogP contribution in [-0.2, 0) is 29.2 Å². The minimum atomic E-state index is -3.76. The fourth-order valence-corrected chi connectivity index (χ4v) is 6.22. The van der Waals surface area contributed by atoms with Crippen LogP contribution in [0.3, 0.4) is 0 Å². The Balaban J connectivity index is 0.000000616. The number of sulfonamides is 1. The zero-order valence-corrected chi connectivity index (χ0v) is 22.2. The standard InChI is InChI=1S/C12H19NO5S.C6H14N4O2.C3H7NO2/c1-11(2)8-3-4-12(11,9(14)5-8)7-19(17,18)13-6-10(15)16;7-4(5(11)12)2-1-3-10-6(8)9;1-4-2-3(5)6/h8,13H,3-7H2,1-2H3,(H,15,16);4H,1-3,7H2,(H,11,12)(H4,8,9,10);4H,2H2,1H3,(H,5,6)/t;4-;/m.0./s1. The van der Waals surface area contributed by atoms with Crippen molar-refractivity contribution in [2.45, 2.75) is 52.0 Å². The van der Waals surface area contributed by atoms with Gasteiger partial charge in [0.1, 0.15) is 18.4 Å². The topological polar surface area (TPSA) is 278 Å². The number of aliphatic imine (C=N–C) groups is 1. The Bertz CT molecular complexity index is 950. The van der Waals surface area contributed by atoms with Crippen molar-refractivity contribution in [2.24, 2.45) is 38.9 Å². The molecule has 2 rings (SSSR count). The summed E-state index contributed by atoms with van der Waals surface area (Å²) in [7, 11) is -2.17. The molecule has 3 atom stereocenters. The van der Waals surface area contributed by atoms with Crippen molar-refractivity contribution in [2.75, 3.05) is 32.4 Å². The van der Waals surface area contributed by atoms with Gasteiger partial charge in [-0.1, -0.05) is 13.8 Å². The second kappa shape index (κ2) is 14.8. The third-order valence-corrected chi connectivity index (χ3v) is 8.09. The second-order valence-electron chi connectivity index (χ2n) is 9.46. The smallest absolute Gasteiger partial charge is 0.320 e. The van der Waals surface area contributed by atoms with Gasteiger partial charge in [-0.2, -0.15) is 0 Å². The summed E-state index contributed by atoms with van der Waals surface area (Å²) >= 11 is 0. The van der Waals surface area contributed by atoms with Crippen LogP contribution < -0.4 is 27.2 Å². The molecule has 0 heterocycles. The fourth-order valence-electron chi connectivity index (χ4n) is 4.45. The van der Waals surface area contributed by atoms with Crippen molar-refractivity contribution in [3.8, 4) is 0 Å². The molecule has 2 bridgehead atoms. The van der Waals surface area contributed by atoms with E-state index in [1.165, 1.54) is 0 Å². The first kappa shape index (κ1) is 34.2. The van der Waals surface area contributed by atoms with Gasteiger partial charge in [0.05, 0.1) is 12.3 Å². The quantitative estimate of drug-likeness (QED) is 0.0749. The van der Waals surface area contributed by atoms with Crippen LogP contribution in [0.2, 0.25) is 0 Å². The average molecular weight is 553 g/mol. The summed E-state index contributed by atoms with van der Waals surface area (Å²) in [6.07, 6.45) is 2.85. The number of carboxylic acid groups (broad SMARTS) is 3. The summed E-state index contributed by atoms with van der Waals surface area (Å²) in [5.74, 6) is -3.09. The molecule has 2 aliphatic carbocycles. The SMILES string of the molecule is CC1(C)C2CCC1(CS(=O)(=O)NCC(=O)O)C(=O)C2.CNCC(=O)O.NC(N)=NCCC[C@H](N)C(=O)O. The number of nitrogens with two attached hydrogens (primary N) is 3. The molecule has 2 unspecified atom stereocenters. The van der Waals surface area contributed by atoms with Gasteiger partial charge in [0.25, 0.3) is 0 Å². The predicted molar refractivity (Wildman–Crippen MR) is 135 cm³/mol. The Kier molecular flexibility index (Phi) is 13.7. The van der Waals surface area contributed by atoms with Crippen LogP contribution in [0.4, 0.5) is 0 Å². The predicted octanol–water partition coefficient (Wildman–Crippen LogP) is -1.87. The number of guanidine groups is 1. The lowest BCUT2D eigenvalue weighted by Gasteiger charge is -2.36. The molecule has 2 saturated carbocycles. The highest BCUT2D eigenvalue weighted by atomic mass is 32.2. The molecule has 11 N–H and O–H groups in total. The fraction of sp³-hybridized carbons (Fsp3) is 0.762. The number of Topliss-reactive ketones (excluding diaryl/α,β-unsaturated/α-hetero) is 1. The molecular formula is C21H40N6O9S. The minimum Gasteiger partial charge on any atom is -0.480 e. The molecule has 15 nitrogen and oxygen atoms in total. The lowest BCUT2D eigenvalue weighted by molar-refractivity contribution is -0.139. The van der Waals surface area contributed by atoms with Gasteiger partial charge in [0, 0.05) is 18.4 Å². The molecule has 37 heavy (non-hydrogen) atoms. The number of aliphatic carboxylic acids is 3. The molecular weight excluding hydrogens is 512 g/mol. The van der Waals surface area contributed by atoms with E-state index in [-0.39, 0.29) is 35.4 Å². The van der Waals surface area contributed by atoms with E-state index >= 15 is 0 Å². The van der Waals surface area contributed by atoms with Crippen LogP contribution in [-0.4, -0.2) is 91.9 Å². The van der Waals surface area contributed by atoms with Crippen molar-refractivity contribution in [3.63, 3.8) is 0 Å². The van der Waals surface area contributed by atoms with Crippen molar-refractivity contribution in [3.05, 3.63) is 0 Å². The van der Waals surface area contributed by atoms with Gasteiger partial charge in [0.15, 0.2) is 5.96 Å². The summed E-state index contributed by atoms with van der Waals surface area (Å²) in [5.41, 5.74) is 14.1. The largest absolute Gasteiger partial charge is 0.480 e. The highest BCUT2D eigenvalue weighted by Crippen LogP contribution is 2.64. The molecule has 2 aliphatic rings. The number of hydrogen-bond donors (Lipinski definition) is 8. The second-order valence-corrected chi connectivity index (χ2v) is 11.3. The summed E-state index contributed by atoms with van der Waals surface area (Å²) in [5, 5.41) is 27.2. The summed E-state index contributed by atoms with van der Waals surface area (Å²) in [6, 6.07) is -0.820. The number of nitrogens with one attached hydrogen (secondary N) is 2.